The van der Waals surface area contributed by atoms with Crippen molar-refractivity contribution >= 4 is 105 Å². The number of halogens is 8. The van der Waals surface area contributed by atoms with Gasteiger partial charge in [0.1, 0.15) is 22.1 Å². The van der Waals surface area contributed by atoms with Crippen molar-refractivity contribution in [1.82, 2.24) is 10.0 Å². The minimum absolute atomic E-state index is 0.00124. The molecule has 1 saturated carbocycles. The van der Waals surface area contributed by atoms with E-state index in [0.29, 0.717) is 15.0 Å². The average molecular weight is 660 g/mol. The molecule has 2 aliphatic carbocycles. The van der Waals surface area contributed by atoms with E-state index in [2.05, 4.69) is 0 Å². The zero-order valence-electron chi connectivity index (χ0n) is 18.5. The Morgan fingerprint density at radius 3 is 1.71 bits per heavy atom. The second kappa shape index (κ2) is 9.23. The Morgan fingerprint density at radius 2 is 1.24 bits per heavy atom. The number of amides is 3. The SMILES string of the molecule is O=C(CN(C(=O)c1ccc(Cl)cc1)N1C(=O)[C@@H]2[C@@H](C1=O)[C@@]1(Cl)C(Cl)=C(Cl)[C@@]2(Cl)C1(Cl)Cl)c1ccc(F)cc1. The molecule has 14 heteroatoms. The van der Waals surface area contributed by atoms with Crippen LogP contribution in [0.2, 0.25) is 5.02 Å². The van der Waals surface area contributed by atoms with E-state index in [4.69, 9.17) is 81.2 Å². The van der Waals surface area contributed by atoms with Crippen LogP contribution in [0.5, 0.6) is 0 Å². The van der Waals surface area contributed by atoms with Gasteiger partial charge in [-0.05, 0) is 48.5 Å². The molecule has 0 N–H and O–H groups in total. The second-order valence-electron chi connectivity index (χ2n) is 8.87. The molecule has 0 unspecified atom stereocenters. The maximum Gasteiger partial charge on any atom is 0.273 e. The topological polar surface area (TPSA) is 74.8 Å². The van der Waals surface area contributed by atoms with E-state index in [0.717, 1.165) is 12.1 Å². The van der Waals surface area contributed by atoms with E-state index in [1.54, 1.807) is 0 Å². The van der Waals surface area contributed by atoms with Crippen LogP contribution in [0.25, 0.3) is 0 Å². The first-order valence-electron chi connectivity index (χ1n) is 10.7. The van der Waals surface area contributed by atoms with E-state index >= 15 is 0 Å². The van der Waals surface area contributed by atoms with Gasteiger partial charge in [0.2, 0.25) is 0 Å². The zero-order chi connectivity index (χ0) is 27.9. The van der Waals surface area contributed by atoms with Crippen LogP contribution < -0.4 is 0 Å². The number of Topliss-reactive ketones (excluding diaryl/α,β-unsaturated/α-hetero) is 1. The summed E-state index contributed by atoms with van der Waals surface area (Å²) in [5.74, 6) is -7.24. The van der Waals surface area contributed by atoms with Crippen molar-refractivity contribution in [2.75, 3.05) is 6.54 Å². The molecule has 1 heterocycles. The summed E-state index contributed by atoms with van der Waals surface area (Å²) in [5, 5.41) is 0.860. The van der Waals surface area contributed by atoms with Crippen LogP contribution in [-0.2, 0) is 9.59 Å². The molecular formula is C24H12Cl7FN2O4. The number of hydrazine groups is 1. The summed E-state index contributed by atoms with van der Waals surface area (Å²) in [6, 6.07) is 10.0. The van der Waals surface area contributed by atoms with Gasteiger partial charge in [0.05, 0.1) is 21.9 Å². The smallest absolute Gasteiger partial charge is 0.273 e. The highest BCUT2D eigenvalue weighted by atomic mass is 35.5. The number of alkyl halides is 4. The highest BCUT2D eigenvalue weighted by Gasteiger charge is 2.88. The van der Waals surface area contributed by atoms with Crippen LogP contribution >= 0.6 is 81.2 Å². The van der Waals surface area contributed by atoms with Gasteiger partial charge < -0.3 is 0 Å². The molecule has 2 fully saturated rings. The average Bonchev–Trinajstić information content (AvgIpc) is 3.26. The van der Waals surface area contributed by atoms with Crippen molar-refractivity contribution in [3.8, 4) is 0 Å². The summed E-state index contributed by atoms with van der Waals surface area (Å²) < 4.78 is 11.2. The minimum Gasteiger partial charge on any atom is -0.292 e. The number of carbonyl (C=O) groups is 4. The number of benzene rings is 2. The first kappa shape index (κ1) is 28.0. The third-order valence-electron chi connectivity index (χ3n) is 6.91. The van der Waals surface area contributed by atoms with Gasteiger partial charge in [0.25, 0.3) is 17.7 Å². The number of ketones is 1. The van der Waals surface area contributed by atoms with Crippen LogP contribution in [0, 0.1) is 17.7 Å². The van der Waals surface area contributed by atoms with E-state index in [1.165, 1.54) is 36.4 Å². The Hall–Kier alpha value is -1.58. The molecule has 1 aliphatic heterocycles. The lowest BCUT2D eigenvalue weighted by molar-refractivity contribution is -0.154. The van der Waals surface area contributed by atoms with Gasteiger partial charge in [-0.2, -0.15) is 5.01 Å². The van der Waals surface area contributed by atoms with Crippen molar-refractivity contribution in [1.29, 1.82) is 0 Å². The Bertz CT molecular complexity index is 1400. The number of carbonyl (C=O) groups excluding carboxylic acids is 4. The fourth-order valence-corrected chi connectivity index (χ4v) is 8.11. The Kier molecular flexibility index (Phi) is 6.79. The fourth-order valence-electron chi connectivity index (χ4n) is 5.06. The van der Waals surface area contributed by atoms with Gasteiger partial charge in [-0.3, -0.25) is 19.2 Å². The Balaban J connectivity index is 1.59. The highest BCUT2D eigenvalue weighted by molar-refractivity contribution is 6.66. The number of imide groups is 1. The summed E-state index contributed by atoms with van der Waals surface area (Å²) in [7, 11) is 0. The summed E-state index contributed by atoms with van der Waals surface area (Å²) in [6.07, 6.45) is 0. The van der Waals surface area contributed by atoms with E-state index < -0.39 is 61.8 Å². The molecular weight excluding hydrogens is 647 g/mol. The standard InChI is InChI=1S/C24H12Cl7FN2O4/c25-12-5-1-11(2-6-12)19(36)33(9-14(35)10-3-7-13(32)8-4-10)34-20(37)15-16(21(34)38)23(29)18(27)17(26)22(15,28)24(23,30)31/h1-8,15-16H,9H2/t15-,16-,22+,23+/m0/s1. The summed E-state index contributed by atoms with van der Waals surface area (Å²) in [6.45, 7) is -0.781. The fraction of sp³-hybridized carbons (Fsp3) is 0.250. The van der Waals surface area contributed by atoms with E-state index in [-0.39, 0.29) is 21.2 Å². The molecule has 38 heavy (non-hydrogen) atoms. The summed E-state index contributed by atoms with van der Waals surface area (Å²) in [5.41, 5.74) is 0.0249. The third kappa shape index (κ3) is 3.53. The molecule has 4 atom stereocenters. The number of fused-ring (bicyclic) bond motifs is 5. The number of allylic oxidation sites excluding steroid dienone is 2. The monoisotopic (exact) mass is 656 g/mol. The highest BCUT2D eigenvalue weighted by Crippen LogP contribution is 2.77. The lowest BCUT2D eigenvalue weighted by Crippen LogP contribution is -2.56. The molecule has 3 aliphatic rings. The van der Waals surface area contributed by atoms with Crippen molar-refractivity contribution < 1.29 is 23.6 Å². The third-order valence-corrected chi connectivity index (χ3v) is 11.4. The molecule has 2 bridgehead atoms. The van der Waals surface area contributed by atoms with Gasteiger partial charge in [-0.15, -0.1) is 23.2 Å². The van der Waals surface area contributed by atoms with Gasteiger partial charge in [-0.1, -0.05) is 58.0 Å². The van der Waals surface area contributed by atoms with Gasteiger partial charge in [0.15, 0.2) is 10.1 Å². The zero-order valence-corrected chi connectivity index (χ0v) is 23.8. The Morgan fingerprint density at radius 1 is 0.789 bits per heavy atom. The normalized spacial score (nSPS) is 29.2. The molecule has 5 rings (SSSR count). The van der Waals surface area contributed by atoms with Crippen LogP contribution in [-0.4, -0.2) is 54.1 Å². The predicted molar refractivity (Wildman–Crippen MR) is 142 cm³/mol. The van der Waals surface area contributed by atoms with Gasteiger partial charge in [-0.25, -0.2) is 9.40 Å². The first-order valence-corrected chi connectivity index (χ1v) is 13.4. The van der Waals surface area contributed by atoms with E-state index in [1.807, 2.05) is 0 Å². The van der Waals surface area contributed by atoms with Crippen molar-refractivity contribution in [2.24, 2.45) is 11.8 Å². The largest absolute Gasteiger partial charge is 0.292 e. The quantitative estimate of drug-likeness (QED) is 0.219. The van der Waals surface area contributed by atoms with Gasteiger partial charge in [0, 0.05) is 16.1 Å². The number of hydrogen-bond donors (Lipinski definition) is 0. The van der Waals surface area contributed by atoms with Crippen LogP contribution in [0.15, 0.2) is 58.6 Å². The second-order valence-corrected chi connectivity index (χ2v) is 12.6. The first-order chi connectivity index (χ1) is 17.7. The van der Waals surface area contributed by atoms with Gasteiger partial charge >= 0.3 is 0 Å². The maximum absolute atomic E-state index is 13.8. The number of rotatable bonds is 5. The number of hydrogen-bond acceptors (Lipinski definition) is 4. The van der Waals surface area contributed by atoms with Crippen LogP contribution in [0.1, 0.15) is 20.7 Å². The van der Waals surface area contributed by atoms with Crippen LogP contribution in [0.4, 0.5) is 4.39 Å². The van der Waals surface area contributed by atoms with Crippen molar-refractivity contribution in [3.05, 3.63) is 80.6 Å². The molecule has 2 aromatic rings. The molecule has 0 spiro atoms. The lowest BCUT2D eigenvalue weighted by Gasteiger charge is -2.36. The predicted octanol–water partition coefficient (Wildman–Crippen LogP) is 6.17. The molecule has 0 aromatic heterocycles. The Labute approximate surface area is 250 Å². The molecule has 2 aromatic carbocycles. The van der Waals surface area contributed by atoms with Crippen LogP contribution in [0.3, 0.4) is 0 Å². The maximum atomic E-state index is 13.8. The van der Waals surface area contributed by atoms with Crippen molar-refractivity contribution in [2.45, 2.75) is 14.1 Å². The van der Waals surface area contributed by atoms with Crippen molar-refractivity contribution in [3.63, 3.8) is 0 Å². The lowest BCUT2D eigenvalue weighted by atomic mass is 9.84. The summed E-state index contributed by atoms with van der Waals surface area (Å²) >= 11 is 45.1. The molecule has 0 radical (unpaired) electrons. The molecule has 3 amide bonds. The van der Waals surface area contributed by atoms with E-state index in [9.17, 15) is 23.6 Å². The summed E-state index contributed by atoms with van der Waals surface area (Å²) in [4.78, 5) is 50.2. The molecule has 6 nitrogen and oxygen atoms in total. The minimum atomic E-state index is -2.17. The molecule has 198 valence electrons. The molecule has 1 saturated heterocycles. The number of nitrogens with zero attached hydrogens (tertiary/aromatic N) is 2.